The largest absolute Gasteiger partial charge is 0.380 e. The molecular formula is C10H16ClN3O3S. The zero-order valence-corrected chi connectivity index (χ0v) is 11.7. The predicted octanol–water partition coefficient (Wildman–Crippen LogP) is 1.23. The number of ether oxygens (including phenoxy) is 1. The quantitative estimate of drug-likeness (QED) is 0.576. The molecule has 0 aliphatic heterocycles. The third-order valence-electron chi connectivity index (χ3n) is 2.09. The van der Waals surface area contributed by atoms with E-state index in [0.29, 0.717) is 13.2 Å². The molecule has 0 fully saturated rings. The first-order valence-corrected chi connectivity index (χ1v) is 7.47. The number of rotatable bonds is 8. The summed E-state index contributed by atoms with van der Waals surface area (Å²) in [6.07, 6.45) is 4.34. The average Bonchev–Trinajstić information content (AvgIpc) is 2.34. The highest BCUT2D eigenvalue weighted by molar-refractivity contribution is 7.89. The Morgan fingerprint density at radius 2 is 2.00 bits per heavy atom. The van der Waals surface area contributed by atoms with Crippen molar-refractivity contribution in [2.45, 2.75) is 24.7 Å². The third-order valence-corrected chi connectivity index (χ3v) is 3.70. The zero-order chi connectivity index (χ0) is 13.4. The van der Waals surface area contributed by atoms with Gasteiger partial charge in [-0.15, -0.1) is 0 Å². The van der Waals surface area contributed by atoms with E-state index < -0.39 is 10.0 Å². The van der Waals surface area contributed by atoms with Gasteiger partial charge in [0, 0.05) is 13.2 Å². The van der Waals surface area contributed by atoms with Gasteiger partial charge in [-0.25, -0.2) is 23.1 Å². The Bertz CT molecular complexity index is 450. The van der Waals surface area contributed by atoms with Gasteiger partial charge in [-0.05, 0) is 18.0 Å². The molecule has 1 rings (SSSR count). The third kappa shape index (κ3) is 5.26. The summed E-state index contributed by atoms with van der Waals surface area (Å²) < 4.78 is 31.1. The lowest BCUT2D eigenvalue weighted by atomic mass is 10.4. The van der Waals surface area contributed by atoms with Crippen molar-refractivity contribution >= 4 is 21.6 Å². The molecule has 0 aromatic carbocycles. The fraction of sp³-hybridized carbons (Fsp3) is 0.600. The summed E-state index contributed by atoms with van der Waals surface area (Å²) >= 11 is 5.48. The SMILES string of the molecule is CCCCOCCNS(=O)(=O)c1cnc(Cl)nc1. The van der Waals surface area contributed by atoms with Gasteiger partial charge in [0.2, 0.25) is 15.3 Å². The Labute approximate surface area is 112 Å². The molecule has 1 aromatic heterocycles. The Hall–Kier alpha value is -0.760. The van der Waals surface area contributed by atoms with E-state index in [1.807, 2.05) is 0 Å². The maximum Gasteiger partial charge on any atom is 0.243 e. The molecular weight excluding hydrogens is 278 g/mol. The topological polar surface area (TPSA) is 81.2 Å². The summed E-state index contributed by atoms with van der Waals surface area (Å²) in [5.74, 6) is 0. The van der Waals surface area contributed by atoms with Crippen molar-refractivity contribution in [1.29, 1.82) is 0 Å². The van der Waals surface area contributed by atoms with Crippen molar-refractivity contribution < 1.29 is 13.2 Å². The van der Waals surface area contributed by atoms with E-state index in [9.17, 15) is 8.42 Å². The Kier molecular flexibility index (Phi) is 6.48. The maximum absolute atomic E-state index is 11.7. The van der Waals surface area contributed by atoms with Gasteiger partial charge in [-0.3, -0.25) is 0 Å². The van der Waals surface area contributed by atoms with Crippen LogP contribution in [-0.2, 0) is 14.8 Å². The first-order chi connectivity index (χ1) is 8.56. The normalized spacial score (nSPS) is 11.7. The van der Waals surface area contributed by atoms with Crippen LogP contribution in [0.15, 0.2) is 17.3 Å². The van der Waals surface area contributed by atoms with Gasteiger partial charge in [0.15, 0.2) is 0 Å². The lowest BCUT2D eigenvalue weighted by Gasteiger charge is -2.06. The molecule has 8 heteroatoms. The van der Waals surface area contributed by atoms with E-state index in [0.717, 1.165) is 25.2 Å². The van der Waals surface area contributed by atoms with Gasteiger partial charge < -0.3 is 4.74 Å². The second kappa shape index (κ2) is 7.63. The summed E-state index contributed by atoms with van der Waals surface area (Å²) in [5, 5.41) is 0.0110. The minimum absolute atomic E-state index is 0.0110. The summed E-state index contributed by atoms with van der Waals surface area (Å²) in [5.41, 5.74) is 0. The summed E-state index contributed by atoms with van der Waals surface area (Å²) in [6, 6.07) is 0. The van der Waals surface area contributed by atoms with E-state index in [1.165, 1.54) is 0 Å². The van der Waals surface area contributed by atoms with E-state index in [4.69, 9.17) is 16.3 Å². The molecule has 0 atom stereocenters. The van der Waals surface area contributed by atoms with E-state index >= 15 is 0 Å². The maximum atomic E-state index is 11.7. The molecule has 1 aromatic rings. The molecule has 6 nitrogen and oxygen atoms in total. The highest BCUT2D eigenvalue weighted by atomic mass is 35.5. The van der Waals surface area contributed by atoms with Crippen molar-refractivity contribution in [2.75, 3.05) is 19.8 Å². The zero-order valence-electron chi connectivity index (χ0n) is 10.1. The summed E-state index contributed by atoms with van der Waals surface area (Å²) in [6.45, 7) is 3.26. The number of sulfonamides is 1. The van der Waals surface area contributed by atoms with Crippen LogP contribution in [-0.4, -0.2) is 38.1 Å². The number of hydrogen-bond acceptors (Lipinski definition) is 5. The standard InChI is InChI=1S/C10H16ClN3O3S/c1-2-3-5-17-6-4-14-18(15,16)9-7-12-10(11)13-8-9/h7-8,14H,2-6H2,1H3. The summed E-state index contributed by atoms with van der Waals surface area (Å²) in [7, 11) is -3.58. The molecule has 0 aliphatic rings. The van der Waals surface area contributed by atoms with Crippen LogP contribution in [0.4, 0.5) is 0 Å². The van der Waals surface area contributed by atoms with E-state index in [2.05, 4.69) is 21.6 Å². The molecule has 0 saturated heterocycles. The molecule has 1 N–H and O–H groups in total. The number of unbranched alkanes of at least 4 members (excludes halogenated alkanes) is 1. The van der Waals surface area contributed by atoms with Crippen molar-refractivity contribution in [3.05, 3.63) is 17.7 Å². The number of hydrogen-bond donors (Lipinski definition) is 1. The monoisotopic (exact) mass is 293 g/mol. The van der Waals surface area contributed by atoms with Gasteiger partial charge >= 0.3 is 0 Å². The minimum Gasteiger partial charge on any atom is -0.380 e. The highest BCUT2D eigenvalue weighted by Crippen LogP contribution is 2.06. The smallest absolute Gasteiger partial charge is 0.243 e. The first kappa shape index (κ1) is 15.3. The molecule has 0 saturated carbocycles. The number of aromatic nitrogens is 2. The van der Waals surface area contributed by atoms with Crippen LogP contribution in [0.25, 0.3) is 0 Å². The van der Waals surface area contributed by atoms with Crippen molar-refractivity contribution in [3.63, 3.8) is 0 Å². The Balaban J connectivity index is 2.38. The Morgan fingerprint density at radius 1 is 1.33 bits per heavy atom. The fourth-order valence-electron chi connectivity index (χ4n) is 1.12. The van der Waals surface area contributed by atoms with Gasteiger partial charge in [0.05, 0.1) is 19.0 Å². The van der Waals surface area contributed by atoms with Crippen LogP contribution in [0.3, 0.4) is 0 Å². The van der Waals surface area contributed by atoms with E-state index in [-0.39, 0.29) is 16.7 Å². The molecule has 0 aliphatic carbocycles. The van der Waals surface area contributed by atoms with Crippen LogP contribution in [0.1, 0.15) is 19.8 Å². The highest BCUT2D eigenvalue weighted by Gasteiger charge is 2.14. The number of nitrogens with zero attached hydrogens (tertiary/aromatic N) is 2. The van der Waals surface area contributed by atoms with Gasteiger partial charge in [-0.2, -0.15) is 0 Å². The van der Waals surface area contributed by atoms with Crippen molar-refractivity contribution in [3.8, 4) is 0 Å². The molecule has 0 spiro atoms. The molecule has 0 unspecified atom stereocenters. The van der Waals surface area contributed by atoms with Gasteiger partial charge in [-0.1, -0.05) is 13.3 Å². The van der Waals surface area contributed by atoms with Gasteiger partial charge in [0.1, 0.15) is 4.90 Å². The second-order valence-corrected chi connectivity index (χ2v) is 5.66. The van der Waals surface area contributed by atoms with Gasteiger partial charge in [0.25, 0.3) is 0 Å². The van der Waals surface area contributed by atoms with Crippen LogP contribution in [0, 0.1) is 0 Å². The molecule has 0 amide bonds. The van der Waals surface area contributed by atoms with Crippen LogP contribution < -0.4 is 4.72 Å². The predicted molar refractivity (Wildman–Crippen MR) is 68.0 cm³/mol. The van der Waals surface area contributed by atoms with Crippen LogP contribution >= 0.6 is 11.6 Å². The van der Waals surface area contributed by atoms with Crippen LogP contribution in [0.2, 0.25) is 5.28 Å². The fourth-order valence-corrected chi connectivity index (χ4v) is 2.12. The molecule has 0 bridgehead atoms. The van der Waals surface area contributed by atoms with Crippen molar-refractivity contribution in [1.82, 2.24) is 14.7 Å². The lowest BCUT2D eigenvalue weighted by molar-refractivity contribution is 0.136. The Morgan fingerprint density at radius 3 is 2.61 bits per heavy atom. The van der Waals surface area contributed by atoms with Crippen molar-refractivity contribution in [2.24, 2.45) is 0 Å². The minimum atomic E-state index is -3.58. The van der Waals surface area contributed by atoms with Crippen LogP contribution in [0.5, 0.6) is 0 Å². The molecule has 102 valence electrons. The second-order valence-electron chi connectivity index (χ2n) is 3.55. The number of nitrogens with one attached hydrogen (secondary N) is 1. The van der Waals surface area contributed by atoms with E-state index in [1.54, 1.807) is 0 Å². The summed E-state index contributed by atoms with van der Waals surface area (Å²) in [4.78, 5) is 7.22. The molecule has 18 heavy (non-hydrogen) atoms. The molecule has 0 radical (unpaired) electrons. The average molecular weight is 294 g/mol. The lowest BCUT2D eigenvalue weighted by Crippen LogP contribution is -2.27. The first-order valence-electron chi connectivity index (χ1n) is 5.61. The number of halogens is 1. The molecule has 1 heterocycles.